The first-order valence-electron chi connectivity index (χ1n) is 7.96. The third-order valence-electron chi connectivity index (χ3n) is 3.69. The molecule has 0 bridgehead atoms. The van der Waals surface area contributed by atoms with Crippen molar-refractivity contribution in [1.82, 2.24) is 10.2 Å². The first-order chi connectivity index (χ1) is 9.64. The van der Waals surface area contributed by atoms with Gasteiger partial charge in [0.05, 0.1) is 0 Å². The standard InChI is InChI=1S/C16H32N2O3/c1-15(2,3)21-14(20)18-10-6-7-13(18)8-9-17-11-16(4,5)12-19/h13,17,19H,6-12H2,1-5H3. The maximum absolute atomic E-state index is 12.2. The van der Waals surface area contributed by atoms with E-state index in [0.29, 0.717) is 0 Å². The number of ether oxygens (including phenoxy) is 1. The molecule has 0 aliphatic carbocycles. The maximum atomic E-state index is 12.2. The highest BCUT2D eigenvalue weighted by molar-refractivity contribution is 5.68. The van der Waals surface area contributed by atoms with Gasteiger partial charge in [-0.15, -0.1) is 0 Å². The molecule has 1 rings (SSSR count). The minimum Gasteiger partial charge on any atom is -0.444 e. The summed E-state index contributed by atoms with van der Waals surface area (Å²) in [6.07, 6.45) is 2.83. The summed E-state index contributed by atoms with van der Waals surface area (Å²) >= 11 is 0. The number of aliphatic hydroxyl groups excluding tert-OH is 1. The number of rotatable bonds is 6. The SMILES string of the molecule is CC(C)(CO)CNCCC1CCCN1C(=O)OC(C)(C)C. The molecule has 5 nitrogen and oxygen atoms in total. The largest absolute Gasteiger partial charge is 0.444 e. The third-order valence-corrected chi connectivity index (χ3v) is 3.69. The van der Waals surface area contributed by atoms with Crippen LogP contribution in [0.4, 0.5) is 4.79 Å². The predicted octanol–water partition coefficient (Wildman–Crippen LogP) is 2.38. The predicted molar refractivity (Wildman–Crippen MR) is 84.3 cm³/mol. The molecule has 0 aromatic carbocycles. The number of hydrogen-bond acceptors (Lipinski definition) is 4. The van der Waals surface area contributed by atoms with Crippen LogP contribution in [0.25, 0.3) is 0 Å². The van der Waals surface area contributed by atoms with E-state index in [-0.39, 0.29) is 24.2 Å². The third kappa shape index (κ3) is 6.66. The monoisotopic (exact) mass is 300 g/mol. The van der Waals surface area contributed by atoms with Crippen LogP contribution in [0.1, 0.15) is 53.9 Å². The maximum Gasteiger partial charge on any atom is 0.410 e. The van der Waals surface area contributed by atoms with Gasteiger partial charge in [-0.2, -0.15) is 0 Å². The quantitative estimate of drug-likeness (QED) is 0.739. The molecular formula is C16H32N2O3. The van der Waals surface area contributed by atoms with Gasteiger partial charge in [0.25, 0.3) is 0 Å². The lowest BCUT2D eigenvalue weighted by atomic mass is 9.95. The fourth-order valence-corrected chi connectivity index (χ4v) is 2.45. The minimum absolute atomic E-state index is 0.0967. The Morgan fingerprint density at radius 2 is 2.00 bits per heavy atom. The van der Waals surface area contributed by atoms with E-state index < -0.39 is 5.60 Å². The first kappa shape index (κ1) is 18.2. The topological polar surface area (TPSA) is 61.8 Å². The summed E-state index contributed by atoms with van der Waals surface area (Å²) in [6.45, 7) is 12.4. The van der Waals surface area contributed by atoms with Gasteiger partial charge in [0, 0.05) is 31.2 Å². The fraction of sp³-hybridized carbons (Fsp3) is 0.938. The van der Waals surface area contributed by atoms with Gasteiger partial charge in [-0.3, -0.25) is 0 Å². The number of nitrogens with zero attached hydrogens (tertiary/aromatic N) is 1. The molecule has 2 N–H and O–H groups in total. The van der Waals surface area contributed by atoms with Crippen molar-refractivity contribution in [1.29, 1.82) is 0 Å². The summed E-state index contributed by atoms with van der Waals surface area (Å²) < 4.78 is 5.46. The molecule has 0 radical (unpaired) electrons. The average Bonchev–Trinajstić information content (AvgIpc) is 2.81. The number of nitrogens with one attached hydrogen (secondary N) is 1. The zero-order valence-corrected chi connectivity index (χ0v) is 14.2. The highest BCUT2D eigenvalue weighted by Crippen LogP contribution is 2.22. The van der Waals surface area contributed by atoms with E-state index in [4.69, 9.17) is 4.74 Å². The Hall–Kier alpha value is -0.810. The van der Waals surface area contributed by atoms with Gasteiger partial charge in [0.15, 0.2) is 0 Å². The summed E-state index contributed by atoms with van der Waals surface area (Å²) in [6, 6.07) is 0.268. The number of carbonyl (C=O) groups is 1. The molecule has 124 valence electrons. The molecule has 0 aromatic heterocycles. The summed E-state index contributed by atoms with van der Waals surface area (Å²) in [7, 11) is 0. The van der Waals surface area contributed by atoms with Crippen molar-refractivity contribution in [2.75, 3.05) is 26.2 Å². The van der Waals surface area contributed by atoms with Gasteiger partial charge in [-0.25, -0.2) is 4.79 Å². The highest BCUT2D eigenvalue weighted by atomic mass is 16.6. The molecule has 0 aromatic rings. The molecule has 1 atom stereocenters. The van der Waals surface area contributed by atoms with Crippen LogP contribution in [0.5, 0.6) is 0 Å². The van der Waals surface area contributed by atoms with Crippen LogP contribution in [0.3, 0.4) is 0 Å². The van der Waals surface area contributed by atoms with Gasteiger partial charge in [-0.1, -0.05) is 13.8 Å². The Bertz CT molecular complexity index is 337. The zero-order valence-electron chi connectivity index (χ0n) is 14.2. The zero-order chi connectivity index (χ0) is 16.1. The second-order valence-electron chi connectivity index (χ2n) is 7.76. The van der Waals surface area contributed by atoms with Crippen LogP contribution in [-0.2, 0) is 4.74 Å². The van der Waals surface area contributed by atoms with Gasteiger partial charge >= 0.3 is 6.09 Å². The molecule has 1 heterocycles. The van der Waals surface area contributed by atoms with Crippen LogP contribution in [0.2, 0.25) is 0 Å². The lowest BCUT2D eigenvalue weighted by Gasteiger charge is -2.29. The Balaban J connectivity index is 2.35. The van der Waals surface area contributed by atoms with Crippen molar-refractivity contribution in [2.24, 2.45) is 5.41 Å². The van der Waals surface area contributed by atoms with Crippen molar-refractivity contribution in [3.8, 4) is 0 Å². The van der Waals surface area contributed by atoms with Crippen LogP contribution in [0, 0.1) is 5.41 Å². The van der Waals surface area contributed by atoms with E-state index in [9.17, 15) is 9.90 Å². The van der Waals surface area contributed by atoms with Crippen LogP contribution in [-0.4, -0.2) is 54.0 Å². The molecule has 0 saturated carbocycles. The molecule has 1 amide bonds. The van der Waals surface area contributed by atoms with E-state index in [1.165, 1.54) is 0 Å². The summed E-state index contributed by atoms with van der Waals surface area (Å²) in [5, 5.41) is 12.6. The van der Waals surface area contributed by atoms with Crippen molar-refractivity contribution < 1.29 is 14.6 Å². The van der Waals surface area contributed by atoms with Crippen molar-refractivity contribution in [3.05, 3.63) is 0 Å². The second kappa shape index (κ2) is 7.45. The number of carbonyl (C=O) groups excluding carboxylic acids is 1. The van der Waals surface area contributed by atoms with Gasteiger partial charge in [-0.05, 0) is 46.6 Å². The summed E-state index contributed by atoms with van der Waals surface area (Å²) in [5.41, 5.74) is -0.534. The van der Waals surface area contributed by atoms with Crippen molar-refractivity contribution >= 4 is 6.09 Å². The van der Waals surface area contributed by atoms with Gasteiger partial charge < -0.3 is 20.1 Å². The fourth-order valence-electron chi connectivity index (χ4n) is 2.45. The average molecular weight is 300 g/mol. The Morgan fingerprint density at radius 1 is 1.33 bits per heavy atom. The lowest BCUT2D eigenvalue weighted by molar-refractivity contribution is 0.0220. The molecule has 1 aliphatic heterocycles. The van der Waals surface area contributed by atoms with E-state index >= 15 is 0 Å². The first-order valence-corrected chi connectivity index (χ1v) is 7.96. The smallest absolute Gasteiger partial charge is 0.410 e. The second-order valence-corrected chi connectivity index (χ2v) is 7.76. The summed E-state index contributed by atoms with van der Waals surface area (Å²) in [5.74, 6) is 0. The van der Waals surface area contributed by atoms with Crippen LogP contribution in [0.15, 0.2) is 0 Å². The van der Waals surface area contributed by atoms with Crippen LogP contribution >= 0.6 is 0 Å². The Kier molecular flexibility index (Phi) is 6.47. The Labute approximate surface area is 129 Å². The van der Waals surface area contributed by atoms with E-state index in [0.717, 1.165) is 38.9 Å². The van der Waals surface area contributed by atoms with E-state index in [1.807, 2.05) is 39.5 Å². The minimum atomic E-state index is -0.437. The number of amides is 1. The molecule has 1 unspecified atom stereocenters. The number of aliphatic hydroxyl groups is 1. The molecule has 0 spiro atoms. The molecule has 1 fully saturated rings. The molecule has 21 heavy (non-hydrogen) atoms. The van der Waals surface area contributed by atoms with Crippen molar-refractivity contribution in [3.63, 3.8) is 0 Å². The van der Waals surface area contributed by atoms with Gasteiger partial charge in [0.1, 0.15) is 5.60 Å². The highest BCUT2D eigenvalue weighted by Gasteiger charge is 2.31. The van der Waals surface area contributed by atoms with E-state index in [1.54, 1.807) is 0 Å². The molecular weight excluding hydrogens is 268 g/mol. The lowest BCUT2D eigenvalue weighted by Crippen LogP contribution is -2.41. The number of likely N-dealkylation sites (tertiary alicyclic amines) is 1. The van der Waals surface area contributed by atoms with Gasteiger partial charge in [0.2, 0.25) is 0 Å². The van der Waals surface area contributed by atoms with Crippen molar-refractivity contribution in [2.45, 2.75) is 65.5 Å². The van der Waals surface area contributed by atoms with Crippen LogP contribution < -0.4 is 5.32 Å². The Morgan fingerprint density at radius 3 is 2.57 bits per heavy atom. The molecule has 1 saturated heterocycles. The summed E-state index contributed by atoms with van der Waals surface area (Å²) in [4.78, 5) is 14.0. The number of hydrogen-bond donors (Lipinski definition) is 2. The molecule has 5 heteroatoms. The molecule has 1 aliphatic rings. The van der Waals surface area contributed by atoms with E-state index in [2.05, 4.69) is 5.32 Å². The normalized spacial score (nSPS) is 19.9.